The van der Waals surface area contributed by atoms with Crippen LogP contribution in [0.15, 0.2) is 30.7 Å². The molecule has 3 rings (SSSR count). The zero-order chi connectivity index (χ0) is 16.6. The summed E-state index contributed by atoms with van der Waals surface area (Å²) in [6.45, 7) is 5.00. The molecular formula is C16H16N4O3. The first-order chi connectivity index (χ1) is 11.0. The zero-order valence-corrected chi connectivity index (χ0v) is 13.0. The van der Waals surface area contributed by atoms with Crippen molar-refractivity contribution in [1.82, 2.24) is 14.6 Å². The number of carbonyl (C=O) groups is 1. The number of ether oxygens (including phenoxy) is 1. The van der Waals surface area contributed by atoms with Crippen LogP contribution in [0.2, 0.25) is 0 Å². The second kappa shape index (κ2) is 5.60. The number of rotatable bonds is 3. The van der Waals surface area contributed by atoms with E-state index in [4.69, 9.17) is 4.74 Å². The quantitative estimate of drug-likeness (QED) is 0.723. The molecule has 1 aromatic carbocycles. The van der Waals surface area contributed by atoms with Gasteiger partial charge >= 0.3 is 5.97 Å². The van der Waals surface area contributed by atoms with Crippen LogP contribution in [-0.2, 0) is 4.79 Å². The number of hydrogen-bond donors (Lipinski definition) is 2. The molecule has 0 atom stereocenters. The Morgan fingerprint density at radius 1 is 1.35 bits per heavy atom. The van der Waals surface area contributed by atoms with Gasteiger partial charge in [0.2, 0.25) is 0 Å². The number of esters is 1. The third kappa shape index (κ3) is 2.80. The molecule has 0 saturated heterocycles. The molecule has 0 saturated carbocycles. The van der Waals surface area contributed by atoms with Gasteiger partial charge in [-0.15, -0.1) is 0 Å². The molecule has 0 unspecified atom stereocenters. The number of hydrogen-bond acceptors (Lipinski definition) is 6. The van der Waals surface area contributed by atoms with Crippen molar-refractivity contribution < 1.29 is 14.6 Å². The molecule has 2 aromatic heterocycles. The number of phenolic OH excluding ortho intramolecular Hbond substituents is 1. The number of aromatic nitrogens is 3. The maximum absolute atomic E-state index is 11.2. The second-order valence-corrected chi connectivity index (χ2v) is 5.24. The third-order valence-corrected chi connectivity index (χ3v) is 3.51. The summed E-state index contributed by atoms with van der Waals surface area (Å²) in [4.78, 5) is 15.4. The monoisotopic (exact) mass is 312 g/mol. The topological polar surface area (TPSA) is 88.8 Å². The van der Waals surface area contributed by atoms with Crippen molar-refractivity contribution in [3.05, 3.63) is 41.9 Å². The molecule has 0 spiro atoms. The number of carbonyl (C=O) groups excluding carboxylic acids is 1. The molecule has 0 fully saturated rings. The Bertz CT molecular complexity index is 902. The van der Waals surface area contributed by atoms with Gasteiger partial charge in [-0.3, -0.25) is 4.79 Å². The lowest BCUT2D eigenvalue weighted by molar-refractivity contribution is -0.131. The number of nitrogens with one attached hydrogen (secondary N) is 1. The molecule has 0 aliphatic carbocycles. The van der Waals surface area contributed by atoms with Gasteiger partial charge in [0.15, 0.2) is 11.6 Å². The number of aryl methyl sites for hydroxylation is 2. The fourth-order valence-corrected chi connectivity index (χ4v) is 2.31. The standard InChI is InChI=1S/C16H16N4O3/c1-9-4-5-12(6-13(9)22)19-16-15-10(2)14(23-11(3)21)7-20(15)18-8-17-16/h4-8,22H,1-3H3,(H,17,18,19). The van der Waals surface area contributed by atoms with E-state index in [0.717, 1.165) is 11.1 Å². The van der Waals surface area contributed by atoms with Gasteiger partial charge in [0, 0.05) is 24.2 Å². The van der Waals surface area contributed by atoms with E-state index >= 15 is 0 Å². The summed E-state index contributed by atoms with van der Waals surface area (Å²) in [5, 5.41) is 17.1. The van der Waals surface area contributed by atoms with E-state index in [1.165, 1.54) is 13.3 Å². The molecule has 0 aliphatic rings. The Hall–Kier alpha value is -3.09. The van der Waals surface area contributed by atoms with E-state index < -0.39 is 5.97 Å². The minimum atomic E-state index is -0.394. The Kier molecular flexibility index (Phi) is 3.61. The van der Waals surface area contributed by atoms with Crippen molar-refractivity contribution in [1.29, 1.82) is 0 Å². The van der Waals surface area contributed by atoms with Crippen molar-refractivity contribution in [3.8, 4) is 11.5 Å². The van der Waals surface area contributed by atoms with Crippen LogP contribution in [0.25, 0.3) is 5.52 Å². The number of benzene rings is 1. The summed E-state index contributed by atoms with van der Waals surface area (Å²) in [7, 11) is 0. The minimum Gasteiger partial charge on any atom is -0.508 e. The van der Waals surface area contributed by atoms with Crippen LogP contribution in [-0.4, -0.2) is 25.7 Å². The van der Waals surface area contributed by atoms with E-state index in [2.05, 4.69) is 15.4 Å². The van der Waals surface area contributed by atoms with E-state index in [0.29, 0.717) is 22.8 Å². The number of nitrogens with zero attached hydrogens (tertiary/aromatic N) is 3. The molecule has 0 aliphatic heterocycles. The summed E-state index contributed by atoms with van der Waals surface area (Å²) >= 11 is 0. The summed E-state index contributed by atoms with van der Waals surface area (Å²) in [6.07, 6.45) is 3.03. The van der Waals surface area contributed by atoms with E-state index in [-0.39, 0.29) is 5.75 Å². The number of aromatic hydroxyl groups is 1. The third-order valence-electron chi connectivity index (χ3n) is 3.51. The van der Waals surface area contributed by atoms with E-state index in [1.807, 2.05) is 26.0 Å². The van der Waals surface area contributed by atoms with Crippen molar-refractivity contribution in [2.24, 2.45) is 0 Å². The van der Waals surface area contributed by atoms with Gasteiger partial charge in [-0.1, -0.05) is 6.07 Å². The highest BCUT2D eigenvalue weighted by atomic mass is 16.5. The van der Waals surface area contributed by atoms with Crippen LogP contribution in [0.1, 0.15) is 18.1 Å². The number of fused-ring (bicyclic) bond motifs is 1. The predicted molar refractivity (Wildman–Crippen MR) is 85.2 cm³/mol. The van der Waals surface area contributed by atoms with E-state index in [9.17, 15) is 9.90 Å². The molecule has 2 N–H and O–H groups in total. The van der Waals surface area contributed by atoms with Crippen LogP contribution in [0.3, 0.4) is 0 Å². The normalized spacial score (nSPS) is 10.7. The molecular weight excluding hydrogens is 296 g/mol. The maximum atomic E-state index is 11.2. The first-order valence-electron chi connectivity index (χ1n) is 7.03. The second-order valence-electron chi connectivity index (χ2n) is 5.24. The van der Waals surface area contributed by atoms with Crippen LogP contribution in [0.5, 0.6) is 11.5 Å². The SMILES string of the molecule is CC(=O)Oc1cn2ncnc(Nc3ccc(C)c(O)c3)c2c1C. The van der Waals surface area contributed by atoms with Crippen molar-refractivity contribution in [2.75, 3.05) is 5.32 Å². The molecule has 0 amide bonds. The highest BCUT2D eigenvalue weighted by Gasteiger charge is 2.15. The molecule has 0 radical (unpaired) electrons. The van der Waals surface area contributed by atoms with Gasteiger partial charge in [-0.25, -0.2) is 9.50 Å². The molecule has 118 valence electrons. The van der Waals surface area contributed by atoms with Gasteiger partial charge in [-0.2, -0.15) is 5.10 Å². The average Bonchev–Trinajstić information content (AvgIpc) is 2.80. The van der Waals surface area contributed by atoms with Crippen molar-refractivity contribution in [3.63, 3.8) is 0 Å². The molecule has 2 heterocycles. The van der Waals surface area contributed by atoms with Gasteiger partial charge in [0.25, 0.3) is 0 Å². The van der Waals surface area contributed by atoms with Gasteiger partial charge < -0.3 is 15.2 Å². The summed E-state index contributed by atoms with van der Waals surface area (Å²) in [6, 6.07) is 5.28. The van der Waals surface area contributed by atoms with Gasteiger partial charge in [-0.05, 0) is 25.5 Å². The molecule has 7 heteroatoms. The summed E-state index contributed by atoms with van der Waals surface area (Å²) in [5.41, 5.74) is 2.94. The van der Waals surface area contributed by atoms with E-state index in [1.54, 1.807) is 16.8 Å². The van der Waals surface area contributed by atoms with Crippen LogP contribution >= 0.6 is 0 Å². The first-order valence-corrected chi connectivity index (χ1v) is 7.03. The molecule has 0 bridgehead atoms. The zero-order valence-electron chi connectivity index (χ0n) is 13.0. The van der Waals surface area contributed by atoms with Crippen molar-refractivity contribution in [2.45, 2.75) is 20.8 Å². The molecule has 23 heavy (non-hydrogen) atoms. The van der Waals surface area contributed by atoms with Crippen LogP contribution in [0, 0.1) is 13.8 Å². The lowest BCUT2D eigenvalue weighted by Crippen LogP contribution is -2.01. The lowest BCUT2D eigenvalue weighted by atomic mass is 10.2. The fraction of sp³-hybridized carbons (Fsp3) is 0.188. The molecule has 3 aromatic rings. The molecule has 7 nitrogen and oxygen atoms in total. The average molecular weight is 312 g/mol. The lowest BCUT2D eigenvalue weighted by Gasteiger charge is -2.09. The van der Waals surface area contributed by atoms with Crippen molar-refractivity contribution >= 4 is 23.0 Å². The summed E-state index contributed by atoms with van der Waals surface area (Å²) in [5.74, 6) is 0.801. The Balaban J connectivity index is 2.05. The Morgan fingerprint density at radius 3 is 2.83 bits per heavy atom. The number of phenols is 1. The first kappa shape index (κ1) is 14.8. The van der Waals surface area contributed by atoms with Gasteiger partial charge in [0.05, 0.1) is 6.20 Å². The largest absolute Gasteiger partial charge is 0.508 e. The highest BCUT2D eigenvalue weighted by molar-refractivity contribution is 5.80. The fourth-order valence-electron chi connectivity index (χ4n) is 2.31. The highest BCUT2D eigenvalue weighted by Crippen LogP contribution is 2.30. The van der Waals surface area contributed by atoms with Crippen LogP contribution in [0.4, 0.5) is 11.5 Å². The Labute approximate surface area is 132 Å². The summed E-state index contributed by atoms with van der Waals surface area (Å²) < 4.78 is 6.77. The number of anilines is 2. The predicted octanol–water partition coefficient (Wildman–Crippen LogP) is 2.72. The maximum Gasteiger partial charge on any atom is 0.308 e. The van der Waals surface area contributed by atoms with Gasteiger partial charge in [0.1, 0.15) is 17.6 Å². The van der Waals surface area contributed by atoms with Crippen LogP contribution < -0.4 is 10.1 Å². The minimum absolute atomic E-state index is 0.202. The smallest absolute Gasteiger partial charge is 0.308 e. The Morgan fingerprint density at radius 2 is 2.13 bits per heavy atom.